The molecule has 0 radical (unpaired) electrons. The molecule has 0 aromatic heterocycles. The van der Waals surface area contributed by atoms with Crippen LogP contribution in [0.2, 0.25) is 0 Å². The Labute approximate surface area is 188 Å². The summed E-state index contributed by atoms with van der Waals surface area (Å²) in [6.45, 7) is 0. The number of para-hydroxylation sites is 1. The maximum absolute atomic E-state index is 13.1. The van der Waals surface area contributed by atoms with Crippen LogP contribution >= 0.6 is 0 Å². The Morgan fingerprint density at radius 2 is 1.61 bits per heavy atom. The first kappa shape index (κ1) is 23.9. The van der Waals surface area contributed by atoms with Gasteiger partial charge in [0.2, 0.25) is 0 Å². The SMILES string of the molecule is COc1ccc(NC(=O)c2ccccc2N(C)S(=O)(=O)c2cccc(OC(F)(F)F)c2)cc1. The number of anilines is 2. The van der Waals surface area contributed by atoms with Gasteiger partial charge in [0, 0.05) is 18.8 Å². The molecule has 0 saturated heterocycles. The van der Waals surface area contributed by atoms with Crippen molar-refractivity contribution in [2.75, 3.05) is 23.8 Å². The minimum Gasteiger partial charge on any atom is -0.497 e. The second-order valence-electron chi connectivity index (χ2n) is 6.69. The van der Waals surface area contributed by atoms with Crippen molar-refractivity contribution in [1.29, 1.82) is 0 Å². The Morgan fingerprint density at radius 3 is 2.24 bits per heavy atom. The monoisotopic (exact) mass is 480 g/mol. The van der Waals surface area contributed by atoms with E-state index in [2.05, 4.69) is 10.1 Å². The van der Waals surface area contributed by atoms with Crippen molar-refractivity contribution in [2.24, 2.45) is 0 Å². The average Bonchev–Trinajstić information content (AvgIpc) is 2.78. The number of hydrogen-bond donors (Lipinski definition) is 1. The summed E-state index contributed by atoms with van der Waals surface area (Å²) in [5.74, 6) is -0.662. The van der Waals surface area contributed by atoms with Crippen molar-refractivity contribution >= 4 is 27.3 Å². The molecule has 0 fully saturated rings. The summed E-state index contributed by atoms with van der Waals surface area (Å²) >= 11 is 0. The number of hydrogen-bond acceptors (Lipinski definition) is 5. The van der Waals surface area contributed by atoms with Crippen molar-refractivity contribution in [3.8, 4) is 11.5 Å². The van der Waals surface area contributed by atoms with Gasteiger partial charge in [-0.1, -0.05) is 18.2 Å². The van der Waals surface area contributed by atoms with E-state index < -0.39 is 32.9 Å². The molecule has 0 heterocycles. The molecule has 0 bridgehead atoms. The van der Waals surface area contributed by atoms with Gasteiger partial charge in [-0.2, -0.15) is 0 Å². The molecule has 0 aliphatic heterocycles. The van der Waals surface area contributed by atoms with Gasteiger partial charge in [-0.05, 0) is 48.5 Å². The van der Waals surface area contributed by atoms with Crippen LogP contribution < -0.4 is 19.1 Å². The van der Waals surface area contributed by atoms with Gasteiger partial charge in [0.1, 0.15) is 11.5 Å². The Bertz CT molecular complexity index is 1250. The van der Waals surface area contributed by atoms with Gasteiger partial charge in [-0.25, -0.2) is 8.42 Å². The highest BCUT2D eigenvalue weighted by Crippen LogP contribution is 2.30. The van der Waals surface area contributed by atoms with E-state index in [9.17, 15) is 26.4 Å². The molecule has 1 amide bonds. The number of nitrogens with one attached hydrogen (secondary N) is 1. The highest BCUT2D eigenvalue weighted by atomic mass is 32.2. The quantitative estimate of drug-likeness (QED) is 0.531. The summed E-state index contributed by atoms with van der Waals surface area (Å²) < 4.78 is 73.5. The molecule has 0 atom stereocenters. The number of alkyl halides is 3. The van der Waals surface area contributed by atoms with E-state index in [4.69, 9.17) is 4.74 Å². The number of rotatable bonds is 7. The lowest BCUT2D eigenvalue weighted by Gasteiger charge is -2.22. The molecule has 3 aromatic rings. The zero-order valence-corrected chi connectivity index (χ0v) is 18.3. The van der Waals surface area contributed by atoms with Crippen LogP contribution in [0.4, 0.5) is 24.5 Å². The average molecular weight is 480 g/mol. The van der Waals surface area contributed by atoms with Crippen LogP contribution in [0.5, 0.6) is 11.5 Å². The van der Waals surface area contributed by atoms with Gasteiger partial charge in [0.05, 0.1) is 23.3 Å². The third-order valence-corrected chi connectivity index (χ3v) is 6.30. The second kappa shape index (κ2) is 9.41. The number of halogens is 3. The van der Waals surface area contributed by atoms with Crippen molar-refractivity contribution in [3.63, 3.8) is 0 Å². The van der Waals surface area contributed by atoms with Crippen LogP contribution in [0.15, 0.2) is 77.7 Å². The molecule has 0 saturated carbocycles. The number of carbonyl (C=O) groups is 1. The molecule has 0 unspecified atom stereocenters. The molecule has 3 aromatic carbocycles. The van der Waals surface area contributed by atoms with Crippen LogP contribution in [0.3, 0.4) is 0 Å². The number of methoxy groups -OCH3 is 1. The number of benzene rings is 3. The molecule has 0 spiro atoms. The third-order valence-electron chi connectivity index (χ3n) is 4.53. The predicted octanol–water partition coefficient (Wildman–Crippen LogP) is 4.67. The highest BCUT2D eigenvalue weighted by Gasteiger charge is 2.32. The van der Waals surface area contributed by atoms with E-state index in [1.54, 1.807) is 30.3 Å². The molecule has 1 N–H and O–H groups in total. The zero-order valence-electron chi connectivity index (χ0n) is 17.5. The predicted molar refractivity (Wildman–Crippen MR) is 116 cm³/mol. The summed E-state index contributed by atoms with van der Waals surface area (Å²) in [6, 6.07) is 16.5. The zero-order chi connectivity index (χ0) is 24.2. The summed E-state index contributed by atoms with van der Waals surface area (Å²) in [6.07, 6.45) is -4.97. The lowest BCUT2D eigenvalue weighted by Crippen LogP contribution is -2.29. The number of ether oxygens (including phenoxy) is 2. The molecular formula is C22H19F3N2O5S. The Hall–Kier alpha value is -3.73. The van der Waals surface area contributed by atoms with Crippen molar-refractivity contribution in [3.05, 3.63) is 78.4 Å². The number of amides is 1. The molecular weight excluding hydrogens is 461 g/mol. The molecule has 33 heavy (non-hydrogen) atoms. The van der Waals surface area contributed by atoms with Crippen molar-refractivity contribution < 1.29 is 35.9 Å². The topological polar surface area (TPSA) is 84.9 Å². The standard InChI is InChI=1S/C22H19F3N2O5S/c1-27(33(29,30)18-7-5-6-17(14-18)32-22(23,24)25)20-9-4-3-8-19(20)21(28)26-15-10-12-16(31-2)13-11-15/h3-14H,1-2H3,(H,26,28). The van der Waals surface area contributed by atoms with Crippen molar-refractivity contribution in [2.45, 2.75) is 11.3 Å². The van der Waals surface area contributed by atoms with Crippen LogP contribution in [-0.2, 0) is 10.0 Å². The number of carbonyl (C=O) groups excluding carboxylic acids is 1. The fourth-order valence-electron chi connectivity index (χ4n) is 2.93. The third kappa shape index (κ3) is 5.75. The van der Waals surface area contributed by atoms with E-state index >= 15 is 0 Å². The molecule has 0 aliphatic carbocycles. The Morgan fingerprint density at radius 1 is 0.939 bits per heavy atom. The van der Waals surface area contributed by atoms with Gasteiger partial charge in [0.25, 0.3) is 15.9 Å². The highest BCUT2D eigenvalue weighted by molar-refractivity contribution is 7.92. The summed E-state index contributed by atoms with van der Waals surface area (Å²) in [5.41, 5.74) is 0.533. The second-order valence-corrected chi connectivity index (χ2v) is 8.66. The fraction of sp³-hybridized carbons (Fsp3) is 0.136. The van der Waals surface area contributed by atoms with Crippen LogP contribution in [0.1, 0.15) is 10.4 Å². The first-order valence-electron chi connectivity index (χ1n) is 9.40. The maximum Gasteiger partial charge on any atom is 0.573 e. The first-order valence-corrected chi connectivity index (χ1v) is 10.8. The van der Waals surface area contributed by atoms with E-state index in [0.717, 1.165) is 28.6 Å². The van der Waals surface area contributed by atoms with E-state index in [1.807, 2.05) is 0 Å². The van der Waals surface area contributed by atoms with Crippen molar-refractivity contribution in [1.82, 2.24) is 0 Å². The van der Waals surface area contributed by atoms with Crippen LogP contribution in [-0.4, -0.2) is 34.8 Å². The molecule has 7 nitrogen and oxygen atoms in total. The van der Waals surface area contributed by atoms with E-state index in [1.165, 1.54) is 32.4 Å². The molecule has 0 aliphatic rings. The minimum absolute atomic E-state index is 0.0330. The molecule has 3 rings (SSSR count). The normalized spacial score (nSPS) is 11.5. The van der Waals surface area contributed by atoms with Gasteiger partial charge in [0.15, 0.2) is 0 Å². The number of nitrogens with zero attached hydrogens (tertiary/aromatic N) is 1. The largest absolute Gasteiger partial charge is 0.573 e. The van der Waals surface area contributed by atoms with Crippen LogP contribution in [0, 0.1) is 0 Å². The summed E-state index contributed by atoms with van der Waals surface area (Å²) in [7, 11) is -1.61. The summed E-state index contributed by atoms with van der Waals surface area (Å²) in [4.78, 5) is 12.4. The minimum atomic E-state index is -4.97. The molecule has 11 heteroatoms. The van der Waals surface area contributed by atoms with Gasteiger partial charge >= 0.3 is 6.36 Å². The lowest BCUT2D eigenvalue weighted by atomic mass is 10.1. The van der Waals surface area contributed by atoms with Crippen LogP contribution in [0.25, 0.3) is 0 Å². The molecule has 174 valence electrons. The van der Waals surface area contributed by atoms with Gasteiger partial charge < -0.3 is 14.8 Å². The Kier molecular flexibility index (Phi) is 6.82. The first-order chi connectivity index (χ1) is 15.5. The summed E-state index contributed by atoms with van der Waals surface area (Å²) in [5, 5.41) is 2.67. The Balaban J connectivity index is 1.90. The van der Waals surface area contributed by atoms with Gasteiger partial charge in [-0.15, -0.1) is 13.2 Å². The fourth-order valence-corrected chi connectivity index (χ4v) is 4.18. The van der Waals surface area contributed by atoms with Gasteiger partial charge in [-0.3, -0.25) is 9.10 Å². The van der Waals surface area contributed by atoms with E-state index in [0.29, 0.717) is 11.4 Å². The smallest absolute Gasteiger partial charge is 0.497 e. The maximum atomic E-state index is 13.1. The number of sulfonamides is 1. The lowest BCUT2D eigenvalue weighted by molar-refractivity contribution is -0.274. The van der Waals surface area contributed by atoms with E-state index in [-0.39, 0.29) is 11.3 Å².